The van der Waals surface area contributed by atoms with Crippen LogP contribution < -0.4 is 0 Å². The van der Waals surface area contributed by atoms with Crippen LogP contribution in [-0.2, 0) is 0 Å². The molecule has 3 aromatic heterocycles. The number of nitro benzene ring substituents is 2. The highest BCUT2D eigenvalue weighted by molar-refractivity contribution is 7.22. The molecule has 0 unspecified atom stereocenters. The van der Waals surface area contributed by atoms with Gasteiger partial charge < -0.3 is 0 Å². The molecule has 0 N–H and O–H groups in total. The Morgan fingerprint density at radius 1 is 0.521 bits per heavy atom. The van der Waals surface area contributed by atoms with Crippen molar-refractivity contribution in [2.45, 2.75) is 13.8 Å². The minimum atomic E-state index is -0.606. The molecule has 3 heterocycles. The van der Waals surface area contributed by atoms with E-state index in [1.54, 1.807) is 41.1 Å². The SMILES string of the molecule is Cc1cc(C)c2cc3cc4cc(-c5cc(-c6cc7cc8cc9c([N+](=O)[O-])cc([N+](=O)[O-])cc9cc8cc7s6)ncn5)sc4cc3cc2c1. The van der Waals surface area contributed by atoms with Gasteiger partial charge in [0.05, 0.1) is 42.4 Å². The zero-order valence-corrected chi connectivity index (χ0v) is 27.1. The second-order valence-electron chi connectivity index (χ2n) is 12.2. The molecule has 0 aliphatic rings. The van der Waals surface area contributed by atoms with Gasteiger partial charge >= 0.3 is 0 Å². The predicted molar refractivity (Wildman–Crippen MR) is 196 cm³/mol. The lowest BCUT2D eigenvalue weighted by molar-refractivity contribution is -0.393. The van der Waals surface area contributed by atoms with Crippen LogP contribution in [0.5, 0.6) is 0 Å². The van der Waals surface area contributed by atoms with Crippen LogP contribution in [0.25, 0.3) is 84.4 Å². The summed E-state index contributed by atoms with van der Waals surface area (Å²) in [6.07, 6.45) is 1.60. The molecule has 0 fully saturated rings. The number of rotatable bonds is 4. The van der Waals surface area contributed by atoms with Gasteiger partial charge in [-0.15, -0.1) is 22.7 Å². The van der Waals surface area contributed by atoms with Crippen molar-refractivity contribution < 1.29 is 9.85 Å². The van der Waals surface area contributed by atoms with E-state index in [1.807, 2.05) is 18.2 Å². The molecule has 9 rings (SSSR count). The van der Waals surface area contributed by atoms with Gasteiger partial charge in [-0.25, -0.2) is 9.97 Å². The molecule has 9 aromatic rings. The molecule has 10 heteroatoms. The molecule has 0 aliphatic heterocycles. The number of fused-ring (bicyclic) bond motifs is 6. The van der Waals surface area contributed by atoms with E-state index in [-0.39, 0.29) is 11.4 Å². The van der Waals surface area contributed by atoms with E-state index in [9.17, 15) is 20.2 Å². The molecule has 0 atom stereocenters. The van der Waals surface area contributed by atoms with E-state index < -0.39 is 9.85 Å². The van der Waals surface area contributed by atoms with Crippen molar-refractivity contribution in [3.63, 3.8) is 0 Å². The maximum Gasteiger partial charge on any atom is 0.284 e. The third-order valence-corrected chi connectivity index (χ3v) is 11.2. The number of hydrogen-bond acceptors (Lipinski definition) is 8. The third-order valence-electron chi connectivity index (χ3n) is 8.98. The number of aromatic nitrogens is 2. The largest absolute Gasteiger partial charge is 0.284 e. The Kier molecular flexibility index (Phi) is 6.11. The van der Waals surface area contributed by atoms with E-state index in [1.165, 1.54) is 48.8 Å². The highest BCUT2D eigenvalue weighted by Gasteiger charge is 2.20. The Hall–Kier alpha value is -5.84. The first-order valence-corrected chi connectivity index (χ1v) is 16.8. The fourth-order valence-corrected chi connectivity index (χ4v) is 8.89. The van der Waals surface area contributed by atoms with Gasteiger partial charge in [-0.05, 0) is 135 Å². The van der Waals surface area contributed by atoms with E-state index in [4.69, 9.17) is 0 Å². The Morgan fingerprint density at radius 3 is 1.65 bits per heavy atom. The highest BCUT2D eigenvalue weighted by Crippen LogP contribution is 2.41. The molecule has 6 aromatic carbocycles. The average molecular weight is 663 g/mol. The summed E-state index contributed by atoms with van der Waals surface area (Å²) >= 11 is 3.31. The van der Waals surface area contributed by atoms with Crippen molar-refractivity contribution in [2.75, 3.05) is 0 Å². The lowest BCUT2D eigenvalue weighted by Crippen LogP contribution is -1.94. The summed E-state index contributed by atoms with van der Waals surface area (Å²) in [6.45, 7) is 4.30. The van der Waals surface area contributed by atoms with Crippen LogP contribution in [0.1, 0.15) is 11.1 Å². The van der Waals surface area contributed by atoms with E-state index >= 15 is 0 Å². The highest BCUT2D eigenvalue weighted by atomic mass is 32.1. The van der Waals surface area contributed by atoms with Gasteiger partial charge in [0, 0.05) is 15.5 Å². The topological polar surface area (TPSA) is 112 Å². The lowest BCUT2D eigenvalue weighted by atomic mass is 9.98. The molecular weight excluding hydrogens is 641 g/mol. The maximum atomic E-state index is 11.8. The maximum absolute atomic E-state index is 11.8. The smallest absolute Gasteiger partial charge is 0.258 e. The quantitative estimate of drug-likeness (QED) is 0.105. The van der Waals surface area contributed by atoms with Crippen molar-refractivity contribution in [1.82, 2.24) is 9.97 Å². The van der Waals surface area contributed by atoms with Crippen LogP contribution in [0.4, 0.5) is 11.4 Å². The Labute approximate surface area is 279 Å². The van der Waals surface area contributed by atoms with E-state index in [0.717, 1.165) is 48.1 Å². The van der Waals surface area contributed by atoms with Crippen LogP contribution in [0.2, 0.25) is 0 Å². The molecule has 0 amide bonds. The summed E-state index contributed by atoms with van der Waals surface area (Å²) < 4.78 is 2.22. The summed E-state index contributed by atoms with van der Waals surface area (Å²) in [4.78, 5) is 33.3. The first-order chi connectivity index (χ1) is 23.2. The van der Waals surface area contributed by atoms with Crippen molar-refractivity contribution in [2.24, 2.45) is 0 Å². The van der Waals surface area contributed by atoms with Gasteiger partial charge in [-0.2, -0.15) is 0 Å². The first kappa shape index (κ1) is 28.4. The van der Waals surface area contributed by atoms with Crippen LogP contribution in [-0.4, -0.2) is 19.8 Å². The molecule has 0 saturated heterocycles. The van der Waals surface area contributed by atoms with Gasteiger partial charge in [-0.3, -0.25) is 20.2 Å². The zero-order chi connectivity index (χ0) is 32.8. The lowest BCUT2D eigenvalue weighted by Gasteiger charge is -2.07. The fraction of sp³-hybridized carbons (Fsp3) is 0.0526. The van der Waals surface area contributed by atoms with Gasteiger partial charge in [-0.1, -0.05) is 17.7 Å². The van der Waals surface area contributed by atoms with E-state index in [2.05, 4.69) is 72.3 Å². The Balaban J connectivity index is 1.12. The normalized spacial score (nSPS) is 11.9. The minimum absolute atomic E-state index is 0.284. The number of benzene rings is 6. The summed E-state index contributed by atoms with van der Waals surface area (Å²) in [6, 6.07) is 29.8. The number of nitro groups is 2. The van der Waals surface area contributed by atoms with Gasteiger partial charge in [0.25, 0.3) is 11.4 Å². The molecular formula is C38H22N4O4S2. The van der Waals surface area contributed by atoms with Crippen molar-refractivity contribution in [3.05, 3.63) is 129 Å². The minimum Gasteiger partial charge on any atom is -0.258 e. The second kappa shape index (κ2) is 10.3. The molecule has 230 valence electrons. The Bertz CT molecular complexity index is 2890. The van der Waals surface area contributed by atoms with Crippen LogP contribution >= 0.6 is 22.7 Å². The van der Waals surface area contributed by atoms with Crippen molar-refractivity contribution in [3.8, 4) is 21.1 Å². The van der Waals surface area contributed by atoms with Crippen molar-refractivity contribution in [1.29, 1.82) is 0 Å². The molecule has 0 aliphatic carbocycles. The van der Waals surface area contributed by atoms with Gasteiger partial charge in [0.2, 0.25) is 0 Å². The standard InChI is InChI=1S/C38H22N4O4S2/c1-19-3-20(2)30-10-21-7-27-14-37(47-35(27)12-23(21)5-25(30)4-19)32-17-33(40-18-39-32)38-15-28-8-22-11-31-26(6-24(22)13-36(28)48-38)9-29(41(43)44)16-34(31)42(45)46/h3-18H,1-2H3. The molecule has 8 nitrogen and oxygen atoms in total. The number of thiophene rings is 2. The van der Waals surface area contributed by atoms with Crippen LogP contribution in [0.15, 0.2) is 97.3 Å². The number of hydrogen-bond donors (Lipinski definition) is 0. The van der Waals surface area contributed by atoms with Crippen molar-refractivity contribution >= 4 is 97.3 Å². The van der Waals surface area contributed by atoms with Gasteiger partial charge in [0.1, 0.15) is 6.33 Å². The number of aryl methyl sites for hydroxylation is 2. The van der Waals surface area contributed by atoms with Crippen LogP contribution in [0.3, 0.4) is 0 Å². The second-order valence-corrected chi connectivity index (χ2v) is 14.4. The Morgan fingerprint density at radius 2 is 1.06 bits per heavy atom. The van der Waals surface area contributed by atoms with Crippen LogP contribution in [0, 0.1) is 34.1 Å². The monoisotopic (exact) mass is 662 g/mol. The fourth-order valence-electron chi connectivity index (χ4n) is 6.77. The molecule has 0 bridgehead atoms. The van der Waals surface area contributed by atoms with Gasteiger partial charge in [0.15, 0.2) is 0 Å². The molecule has 0 saturated carbocycles. The predicted octanol–water partition coefficient (Wildman–Crippen LogP) is 11.3. The number of nitrogens with zero attached hydrogens (tertiary/aromatic N) is 4. The third kappa shape index (κ3) is 4.56. The molecule has 48 heavy (non-hydrogen) atoms. The summed E-state index contributed by atoms with van der Waals surface area (Å²) in [5.74, 6) is 0. The summed E-state index contributed by atoms with van der Waals surface area (Å²) in [5, 5.41) is 32.8. The zero-order valence-electron chi connectivity index (χ0n) is 25.5. The molecule has 0 radical (unpaired) electrons. The molecule has 0 spiro atoms. The average Bonchev–Trinajstić information content (AvgIpc) is 3.67. The summed E-state index contributed by atoms with van der Waals surface area (Å²) in [5.41, 5.74) is 3.61. The first-order valence-electron chi connectivity index (χ1n) is 15.1. The number of non-ortho nitro benzene ring substituents is 2. The van der Waals surface area contributed by atoms with E-state index in [0.29, 0.717) is 10.8 Å². The summed E-state index contributed by atoms with van der Waals surface area (Å²) in [7, 11) is 0.